The van der Waals surface area contributed by atoms with Crippen molar-refractivity contribution >= 4 is 35.0 Å². The van der Waals surface area contributed by atoms with Gasteiger partial charge in [0.05, 0.1) is 5.25 Å². The van der Waals surface area contributed by atoms with Crippen molar-refractivity contribution in [3.63, 3.8) is 0 Å². The van der Waals surface area contributed by atoms with Crippen LogP contribution in [-0.4, -0.2) is 15.7 Å². The number of nitrogens with zero attached hydrogens (tertiary/aromatic N) is 2. The molecule has 2 heterocycles. The van der Waals surface area contributed by atoms with Crippen LogP contribution < -0.4 is 0 Å². The van der Waals surface area contributed by atoms with Gasteiger partial charge in [0.2, 0.25) is 0 Å². The number of aromatic nitrogens is 2. The van der Waals surface area contributed by atoms with Gasteiger partial charge in [-0.25, -0.2) is 14.4 Å². The van der Waals surface area contributed by atoms with Gasteiger partial charge in [0.25, 0.3) is 0 Å². The van der Waals surface area contributed by atoms with Crippen LogP contribution in [0.5, 0.6) is 0 Å². The monoisotopic (exact) mass is 266 g/mol. The van der Waals surface area contributed by atoms with Crippen LogP contribution in [0.15, 0.2) is 0 Å². The molecule has 1 aliphatic rings. The summed E-state index contributed by atoms with van der Waals surface area (Å²) in [6, 6.07) is 0. The van der Waals surface area contributed by atoms with Crippen molar-refractivity contribution in [3.05, 3.63) is 21.9 Å². The first-order valence-corrected chi connectivity index (χ1v) is 6.49. The maximum atomic E-state index is 13.1. The van der Waals surface area contributed by atoms with Crippen molar-refractivity contribution in [2.45, 2.75) is 24.5 Å². The van der Waals surface area contributed by atoms with Crippen LogP contribution in [0.2, 0.25) is 10.3 Å². The zero-order valence-electron chi connectivity index (χ0n) is 7.84. The summed E-state index contributed by atoms with van der Waals surface area (Å²) in [6.45, 7) is 0. The second-order valence-electron chi connectivity index (χ2n) is 3.33. The average molecular weight is 267 g/mol. The summed E-state index contributed by atoms with van der Waals surface area (Å²) in [5, 5.41) is -0.165. The van der Waals surface area contributed by atoms with E-state index in [0.29, 0.717) is 5.82 Å². The van der Waals surface area contributed by atoms with Gasteiger partial charge in [-0.2, -0.15) is 11.8 Å². The van der Waals surface area contributed by atoms with Gasteiger partial charge in [0.1, 0.15) is 5.82 Å². The molecule has 2 nitrogen and oxygen atoms in total. The molecule has 0 aromatic carbocycles. The predicted octanol–water partition coefficient (Wildman–Crippen LogP) is 3.88. The van der Waals surface area contributed by atoms with Gasteiger partial charge < -0.3 is 0 Å². The fourth-order valence-electron chi connectivity index (χ4n) is 1.50. The molecular formula is C9H9Cl2FN2S. The Balaban J connectivity index is 2.27. The van der Waals surface area contributed by atoms with E-state index >= 15 is 0 Å². The molecule has 0 N–H and O–H groups in total. The van der Waals surface area contributed by atoms with Crippen LogP contribution in [0.25, 0.3) is 0 Å². The maximum Gasteiger partial charge on any atom is 0.197 e. The Morgan fingerprint density at radius 3 is 2.40 bits per heavy atom. The summed E-state index contributed by atoms with van der Waals surface area (Å²) in [4.78, 5) is 7.86. The van der Waals surface area contributed by atoms with Crippen molar-refractivity contribution < 1.29 is 4.39 Å². The number of hydrogen-bond donors (Lipinski definition) is 0. The van der Waals surface area contributed by atoms with E-state index in [9.17, 15) is 4.39 Å². The summed E-state index contributed by atoms with van der Waals surface area (Å²) in [5.74, 6) is 0.902. The number of halogens is 3. The standard InChI is InChI=1S/C9H9Cl2FN2S/c10-7-6(12)8(11)14-9(13-7)5-3-1-2-4-15-5/h5H,1-4H2. The van der Waals surface area contributed by atoms with Crippen molar-refractivity contribution in [3.8, 4) is 0 Å². The molecule has 2 rings (SSSR count). The highest BCUT2D eigenvalue weighted by Crippen LogP contribution is 2.37. The number of hydrogen-bond acceptors (Lipinski definition) is 3. The third kappa shape index (κ3) is 2.55. The van der Waals surface area contributed by atoms with Crippen LogP contribution in [0, 0.1) is 5.82 Å². The summed E-state index contributed by atoms with van der Waals surface area (Å²) in [5.41, 5.74) is 0. The van der Waals surface area contributed by atoms with Gasteiger partial charge in [-0.05, 0) is 18.6 Å². The second-order valence-corrected chi connectivity index (χ2v) is 5.36. The smallest absolute Gasteiger partial charge is 0.197 e. The lowest BCUT2D eigenvalue weighted by molar-refractivity contribution is 0.601. The summed E-state index contributed by atoms with van der Waals surface area (Å²) < 4.78 is 13.1. The first-order chi connectivity index (χ1) is 7.18. The third-order valence-corrected chi connectivity index (χ3v) is 4.13. The largest absolute Gasteiger partial charge is 0.217 e. The molecular weight excluding hydrogens is 258 g/mol. The lowest BCUT2D eigenvalue weighted by Gasteiger charge is -2.19. The molecule has 1 aliphatic heterocycles. The molecule has 0 radical (unpaired) electrons. The third-order valence-electron chi connectivity index (χ3n) is 2.26. The van der Waals surface area contributed by atoms with E-state index in [0.717, 1.165) is 18.6 Å². The maximum absolute atomic E-state index is 13.1. The Morgan fingerprint density at radius 1 is 1.20 bits per heavy atom. The molecule has 1 atom stereocenters. The van der Waals surface area contributed by atoms with Crippen LogP contribution in [0.1, 0.15) is 30.3 Å². The first kappa shape index (κ1) is 11.4. The Bertz CT molecular complexity index is 346. The fourth-order valence-corrected chi connectivity index (χ4v) is 3.14. The fraction of sp³-hybridized carbons (Fsp3) is 0.556. The molecule has 0 bridgehead atoms. The lowest BCUT2D eigenvalue weighted by Crippen LogP contribution is -2.08. The molecule has 6 heteroatoms. The highest BCUT2D eigenvalue weighted by molar-refractivity contribution is 7.99. The molecule has 0 amide bonds. The van der Waals surface area contributed by atoms with Crippen molar-refractivity contribution in [1.82, 2.24) is 9.97 Å². The molecule has 1 aromatic rings. The summed E-state index contributed by atoms with van der Waals surface area (Å²) in [6.07, 6.45) is 3.36. The average Bonchev–Trinajstić information content (AvgIpc) is 2.26. The Morgan fingerprint density at radius 2 is 1.87 bits per heavy atom. The van der Waals surface area contributed by atoms with Crippen LogP contribution >= 0.6 is 35.0 Å². The minimum atomic E-state index is -0.733. The van der Waals surface area contributed by atoms with E-state index in [-0.39, 0.29) is 15.6 Å². The van der Waals surface area contributed by atoms with Crippen molar-refractivity contribution in [2.75, 3.05) is 5.75 Å². The van der Waals surface area contributed by atoms with Gasteiger partial charge in [-0.3, -0.25) is 0 Å². The topological polar surface area (TPSA) is 25.8 Å². The van der Waals surface area contributed by atoms with Gasteiger partial charge in [0, 0.05) is 0 Å². The lowest BCUT2D eigenvalue weighted by atomic mass is 10.2. The summed E-state index contributed by atoms with van der Waals surface area (Å²) >= 11 is 13.0. The van der Waals surface area contributed by atoms with E-state index in [1.165, 1.54) is 6.42 Å². The summed E-state index contributed by atoms with van der Waals surface area (Å²) in [7, 11) is 0. The first-order valence-electron chi connectivity index (χ1n) is 4.68. The van der Waals surface area contributed by atoms with E-state index < -0.39 is 5.82 Å². The second kappa shape index (κ2) is 4.85. The van der Waals surface area contributed by atoms with Crippen molar-refractivity contribution in [1.29, 1.82) is 0 Å². The molecule has 1 fully saturated rings. The van der Waals surface area contributed by atoms with Crippen LogP contribution in [0.4, 0.5) is 4.39 Å². The molecule has 0 aliphatic carbocycles. The zero-order chi connectivity index (χ0) is 10.8. The van der Waals surface area contributed by atoms with E-state index in [4.69, 9.17) is 23.2 Å². The molecule has 15 heavy (non-hydrogen) atoms. The van der Waals surface area contributed by atoms with Gasteiger partial charge in [-0.15, -0.1) is 0 Å². The number of thioether (sulfide) groups is 1. The minimum absolute atomic E-state index is 0.184. The quantitative estimate of drug-likeness (QED) is 0.722. The van der Waals surface area contributed by atoms with Crippen molar-refractivity contribution in [2.24, 2.45) is 0 Å². The van der Waals surface area contributed by atoms with Gasteiger partial charge >= 0.3 is 0 Å². The number of rotatable bonds is 1. The molecule has 1 saturated heterocycles. The molecule has 0 spiro atoms. The molecule has 82 valence electrons. The zero-order valence-corrected chi connectivity index (χ0v) is 10.2. The highest BCUT2D eigenvalue weighted by Gasteiger charge is 2.21. The Labute approximate surface area is 102 Å². The molecule has 1 aromatic heterocycles. The Kier molecular flexibility index (Phi) is 3.69. The molecule has 1 unspecified atom stereocenters. The van der Waals surface area contributed by atoms with Crippen LogP contribution in [0.3, 0.4) is 0 Å². The predicted molar refractivity (Wildman–Crippen MR) is 61.1 cm³/mol. The normalized spacial score (nSPS) is 21.7. The van der Waals surface area contributed by atoms with Gasteiger partial charge in [-0.1, -0.05) is 29.6 Å². The van der Waals surface area contributed by atoms with E-state index in [1.54, 1.807) is 11.8 Å². The van der Waals surface area contributed by atoms with Crippen LogP contribution in [-0.2, 0) is 0 Å². The Hall–Kier alpha value is -0.0600. The minimum Gasteiger partial charge on any atom is -0.217 e. The van der Waals surface area contributed by atoms with E-state index in [2.05, 4.69) is 9.97 Å². The SMILES string of the molecule is Fc1c(Cl)nc(C2CCCCS2)nc1Cl. The van der Waals surface area contributed by atoms with Gasteiger partial charge in [0.15, 0.2) is 16.1 Å². The molecule has 0 saturated carbocycles. The van der Waals surface area contributed by atoms with E-state index in [1.807, 2.05) is 0 Å². The highest BCUT2D eigenvalue weighted by atomic mass is 35.5.